The van der Waals surface area contributed by atoms with Crippen LogP contribution in [0.5, 0.6) is 0 Å². The molecule has 1 aliphatic rings. The summed E-state index contributed by atoms with van der Waals surface area (Å²) in [6.07, 6.45) is 1.91. The van der Waals surface area contributed by atoms with E-state index < -0.39 is 9.84 Å². The molecule has 1 aliphatic heterocycles. The van der Waals surface area contributed by atoms with Crippen molar-refractivity contribution in [1.82, 2.24) is 5.32 Å². The van der Waals surface area contributed by atoms with Crippen molar-refractivity contribution < 1.29 is 17.9 Å². The highest BCUT2D eigenvalue weighted by Crippen LogP contribution is 2.19. The molecular weight excluding hydrogens is 290 g/mol. The fourth-order valence-corrected chi connectivity index (χ4v) is 3.55. The molecule has 1 heterocycles. The van der Waals surface area contributed by atoms with E-state index in [1.54, 1.807) is 25.1 Å². The van der Waals surface area contributed by atoms with Crippen LogP contribution >= 0.6 is 0 Å². The van der Waals surface area contributed by atoms with Gasteiger partial charge in [0.05, 0.1) is 28.4 Å². The summed E-state index contributed by atoms with van der Waals surface area (Å²) in [7, 11) is -3.42. The van der Waals surface area contributed by atoms with Crippen molar-refractivity contribution in [3.8, 4) is 0 Å². The quantitative estimate of drug-likeness (QED) is 0.899. The predicted octanol–water partition coefficient (Wildman–Crippen LogP) is 1.78. The largest absolute Gasteiger partial charge is 0.376 e. The van der Waals surface area contributed by atoms with Crippen LogP contribution < -0.4 is 5.32 Å². The molecular formula is C15H21NO4S. The van der Waals surface area contributed by atoms with E-state index in [9.17, 15) is 13.2 Å². The molecule has 21 heavy (non-hydrogen) atoms. The molecule has 5 nitrogen and oxygen atoms in total. The van der Waals surface area contributed by atoms with Gasteiger partial charge in [-0.1, -0.05) is 19.1 Å². The highest BCUT2D eigenvalue weighted by Gasteiger charge is 2.26. The van der Waals surface area contributed by atoms with Gasteiger partial charge in [0.15, 0.2) is 9.84 Å². The van der Waals surface area contributed by atoms with Crippen LogP contribution in [0, 0.1) is 0 Å². The van der Waals surface area contributed by atoms with Crippen molar-refractivity contribution in [3.05, 3.63) is 29.8 Å². The SMILES string of the molecule is CCS(=O)(=O)c1ccccc1C(=O)NC(C)C1CCCO1. The Bertz CT molecular complexity index is 606. The van der Waals surface area contributed by atoms with Crippen molar-refractivity contribution in [2.75, 3.05) is 12.4 Å². The van der Waals surface area contributed by atoms with Crippen molar-refractivity contribution in [1.29, 1.82) is 0 Å². The topological polar surface area (TPSA) is 72.5 Å². The summed E-state index contributed by atoms with van der Waals surface area (Å²) in [5.41, 5.74) is 0.198. The van der Waals surface area contributed by atoms with Crippen LogP contribution in [0.4, 0.5) is 0 Å². The maximum Gasteiger partial charge on any atom is 0.252 e. The van der Waals surface area contributed by atoms with Gasteiger partial charge in [0.25, 0.3) is 5.91 Å². The second-order valence-corrected chi connectivity index (χ2v) is 7.46. The first kappa shape index (κ1) is 16.0. The number of rotatable bonds is 5. The summed E-state index contributed by atoms with van der Waals surface area (Å²) < 4.78 is 29.7. The Balaban J connectivity index is 2.19. The van der Waals surface area contributed by atoms with E-state index in [1.807, 2.05) is 6.92 Å². The zero-order valence-electron chi connectivity index (χ0n) is 12.3. The maximum absolute atomic E-state index is 12.4. The number of ether oxygens (including phenoxy) is 1. The van der Waals surface area contributed by atoms with E-state index in [1.165, 1.54) is 6.07 Å². The Morgan fingerprint density at radius 3 is 2.76 bits per heavy atom. The zero-order chi connectivity index (χ0) is 15.5. The number of amides is 1. The minimum absolute atomic E-state index is 0.00361. The molecule has 0 aliphatic carbocycles. The normalized spacial score (nSPS) is 20.2. The fraction of sp³-hybridized carbons (Fsp3) is 0.533. The van der Waals surface area contributed by atoms with Crippen molar-refractivity contribution >= 4 is 15.7 Å². The first-order valence-electron chi connectivity index (χ1n) is 7.20. The molecule has 1 saturated heterocycles. The van der Waals surface area contributed by atoms with Gasteiger partial charge < -0.3 is 10.1 Å². The van der Waals surface area contributed by atoms with Gasteiger partial charge in [0.2, 0.25) is 0 Å². The first-order chi connectivity index (χ1) is 9.95. The standard InChI is InChI=1S/C15H21NO4S/c1-3-21(18,19)14-9-5-4-7-12(14)15(17)16-11(2)13-8-6-10-20-13/h4-5,7,9,11,13H,3,6,8,10H2,1-2H3,(H,16,17). The average molecular weight is 311 g/mol. The molecule has 2 atom stereocenters. The van der Waals surface area contributed by atoms with Crippen LogP contribution in [0.2, 0.25) is 0 Å². The monoisotopic (exact) mass is 311 g/mol. The number of hydrogen-bond donors (Lipinski definition) is 1. The Labute approximate surface area is 125 Å². The first-order valence-corrected chi connectivity index (χ1v) is 8.85. The molecule has 116 valence electrons. The molecule has 2 unspecified atom stereocenters. The number of benzene rings is 1. The molecule has 6 heteroatoms. The van der Waals surface area contributed by atoms with Gasteiger partial charge in [0, 0.05) is 6.61 Å². The number of carbonyl (C=O) groups excluding carboxylic acids is 1. The summed E-state index contributed by atoms with van der Waals surface area (Å²) >= 11 is 0. The highest BCUT2D eigenvalue weighted by molar-refractivity contribution is 7.91. The third-order valence-electron chi connectivity index (χ3n) is 3.73. The van der Waals surface area contributed by atoms with Crippen LogP contribution in [0.15, 0.2) is 29.2 Å². The zero-order valence-corrected chi connectivity index (χ0v) is 13.2. The van der Waals surface area contributed by atoms with Crippen LogP contribution in [-0.2, 0) is 14.6 Å². The molecule has 1 aromatic carbocycles. The number of sulfone groups is 1. The summed E-state index contributed by atoms with van der Waals surface area (Å²) in [6.45, 7) is 4.16. The Kier molecular flexibility index (Phi) is 5.00. The second kappa shape index (κ2) is 6.58. The van der Waals surface area contributed by atoms with Gasteiger partial charge in [0.1, 0.15) is 0 Å². The third kappa shape index (κ3) is 3.63. The molecule has 0 bridgehead atoms. The molecule has 0 spiro atoms. The smallest absolute Gasteiger partial charge is 0.252 e. The molecule has 0 saturated carbocycles. The Hall–Kier alpha value is -1.40. The third-order valence-corrected chi connectivity index (χ3v) is 5.51. The fourth-order valence-electron chi connectivity index (χ4n) is 2.46. The maximum atomic E-state index is 12.4. The van der Waals surface area contributed by atoms with E-state index in [4.69, 9.17) is 4.74 Å². The average Bonchev–Trinajstić information content (AvgIpc) is 3.01. The lowest BCUT2D eigenvalue weighted by molar-refractivity contribution is 0.0710. The van der Waals surface area contributed by atoms with Gasteiger partial charge >= 0.3 is 0 Å². The molecule has 1 amide bonds. The lowest BCUT2D eigenvalue weighted by Crippen LogP contribution is -2.41. The second-order valence-electron chi connectivity index (χ2n) is 5.21. The summed E-state index contributed by atoms with van der Waals surface area (Å²) in [5, 5.41) is 2.85. The van der Waals surface area contributed by atoms with Crippen LogP contribution in [0.25, 0.3) is 0 Å². The minimum Gasteiger partial charge on any atom is -0.376 e. The van der Waals surface area contributed by atoms with E-state index in [0.29, 0.717) is 6.61 Å². The number of nitrogens with one attached hydrogen (secondary N) is 1. The Morgan fingerprint density at radius 2 is 2.14 bits per heavy atom. The van der Waals surface area contributed by atoms with Crippen LogP contribution in [-0.4, -0.2) is 38.8 Å². The van der Waals surface area contributed by atoms with Crippen molar-refractivity contribution in [2.24, 2.45) is 0 Å². The van der Waals surface area contributed by atoms with E-state index >= 15 is 0 Å². The van der Waals surface area contributed by atoms with Crippen molar-refractivity contribution in [3.63, 3.8) is 0 Å². The van der Waals surface area contributed by atoms with Crippen LogP contribution in [0.3, 0.4) is 0 Å². The summed E-state index contributed by atoms with van der Waals surface area (Å²) in [5.74, 6) is -0.399. The van der Waals surface area contributed by atoms with Gasteiger partial charge in [-0.05, 0) is 31.9 Å². The summed E-state index contributed by atoms with van der Waals surface area (Å²) in [6, 6.07) is 6.17. The molecule has 1 N–H and O–H groups in total. The lowest BCUT2D eigenvalue weighted by Gasteiger charge is -2.20. The van der Waals surface area contributed by atoms with Gasteiger partial charge in [-0.3, -0.25) is 4.79 Å². The molecule has 0 aromatic heterocycles. The van der Waals surface area contributed by atoms with Gasteiger partial charge in [-0.2, -0.15) is 0 Å². The number of hydrogen-bond acceptors (Lipinski definition) is 4. The van der Waals surface area contributed by atoms with E-state index in [0.717, 1.165) is 12.8 Å². The minimum atomic E-state index is -3.42. The predicted molar refractivity (Wildman–Crippen MR) is 80.1 cm³/mol. The van der Waals surface area contributed by atoms with E-state index in [2.05, 4.69) is 5.32 Å². The van der Waals surface area contributed by atoms with Crippen LogP contribution in [0.1, 0.15) is 37.0 Å². The Morgan fingerprint density at radius 1 is 1.43 bits per heavy atom. The highest BCUT2D eigenvalue weighted by atomic mass is 32.2. The molecule has 2 rings (SSSR count). The van der Waals surface area contributed by atoms with Gasteiger partial charge in [-0.25, -0.2) is 8.42 Å². The lowest BCUT2D eigenvalue weighted by atomic mass is 10.1. The number of carbonyl (C=O) groups is 1. The van der Waals surface area contributed by atoms with Gasteiger partial charge in [-0.15, -0.1) is 0 Å². The van der Waals surface area contributed by atoms with Crippen molar-refractivity contribution in [2.45, 2.75) is 43.7 Å². The molecule has 0 radical (unpaired) electrons. The molecule has 1 aromatic rings. The molecule has 1 fully saturated rings. The summed E-state index contributed by atoms with van der Waals surface area (Å²) in [4.78, 5) is 12.5. The van der Waals surface area contributed by atoms with E-state index in [-0.39, 0.29) is 34.3 Å².